The summed E-state index contributed by atoms with van der Waals surface area (Å²) in [5.74, 6) is 1.14. The number of hydrogen-bond acceptors (Lipinski definition) is 2. The van der Waals surface area contributed by atoms with Crippen molar-refractivity contribution >= 4 is 0 Å². The smallest absolute Gasteiger partial charge is 0.0287 e. The van der Waals surface area contributed by atoms with Gasteiger partial charge in [-0.1, -0.05) is 65.0 Å². The van der Waals surface area contributed by atoms with Crippen molar-refractivity contribution in [3.63, 3.8) is 0 Å². The molecular weight excluding hydrogens is 256 g/mol. The van der Waals surface area contributed by atoms with Crippen LogP contribution in [-0.2, 0) is 0 Å². The molecule has 0 aliphatic heterocycles. The van der Waals surface area contributed by atoms with Crippen LogP contribution in [0.15, 0.2) is 30.3 Å². The van der Waals surface area contributed by atoms with Gasteiger partial charge in [-0.2, -0.15) is 0 Å². The third kappa shape index (κ3) is 5.12. The molecule has 120 valence electrons. The summed E-state index contributed by atoms with van der Waals surface area (Å²) in [6, 6.07) is 11.8. The summed E-state index contributed by atoms with van der Waals surface area (Å²) in [7, 11) is 0. The van der Waals surface area contributed by atoms with Crippen molar-refractivity contribution in [2.24, 2.45) is 11.7 Å². The van der Waals surface area contributed by atoms with E-state index < -0.39 is 0 Å². The highest BCUT2D eigenvalue weighted by atomic mass is 15.2. The number of nitrogens with two attached hydrogens (primary N) is 1. The lowest BCUT2D eigenvalue weighted by Crippen LogP contribution is -2.50. The van der Waals surface area contributed by atoms with Gasteiger partial charge >= 0.3 is 0 Å². The van der Waals surface area contributed by atoms with Gasteiger partial charge in [0.1, 0.15) is 0 Å². The van der Waals surface area contributed by atoms with Gasteiger partial charge in [-0.05, 0) is 30.2 Å². The second-order valence-electron chi connectivity index (χ2n) is 6.56. The fourth-order valence-corrected chi connectivity index (χ4v) is 3.34. The molecule has 0 fully saturated rings. The molecule has 0 amide bonds. The van der Waals surface area contributed by atoms with Crippen molar-refractivity contribution in [1.29, 1.82) is 0 Å². The van der Waals surface area contributed by atoms with Crippen LogP contribution < -0.4 is 5.73 Å². The highest BCUT2D eigenvalue weighted by molar-refractivity contribution is 5.21. The molecule has 0 aromatic heterocycles. The Morgan fingerprint density at radius 3 is 2.00 bits per heavy atom. The van der Waals surface area contributed by atoms with Crippen LogP contribution in [0.4, 0.5) is 0 Å². The molecule has 2 nitrogen and oxygen atoms in total. The van der Waals surface area contributed by atoms with Gasteiger partial charge in [-0.3, -0.25) is 4.90 Å². The lowest BCUT2D eigenvalue weighted by molar-refractivity contribution is 0.0988. The van der Waals surface area contributed by atoms with E-state index in [-0.39, 0.29) is 0 Å². The molecule has 1 rings (SSSR count). The van der Waals surface area contributed by atoms with Gasteiger partial charge < -0.3 is 5.73 Å². The van der Waals surface area contributed by atoms with Crippen molar-refractivity contribution in [3.05, 3.63) is 35.9 Å². The summed E-state index contributed by atoms with van der Waals surface area (Å²) < 4.78 is 0. The molecular formula is C19H34N2. The molecule has 2 heteroatoms. The zero-order valence-corrected chi connectivity index (χ0v) is 14.5. The predicted molar refractivity (Wildman–Crippen MR) is 93.6 cm³/mol. The van der Waals surface area contributed by atoms with Gasteiger partial charge in [0.25, 0.3) is 0 Å². The standard InChI is InChI=1S/C19H34N2/c1-6-18(7-2)21(14-15(3)4)19(13-20)16(5)17-11-9-8-10-12-17/h8-12,15-16,18-19H,6-7,13-14,20H2,1-5H3. The Hall–Kier alpha value is -0.860. The van der Waals surface area contributed by atoms with Crippen molar-refractivity contribution in [2.75, 3.05) is 13.1 Å². The van der Waals surface area contributed by atoms with Gasteiger partial charge in [0.2, 0.25) is 0 Å². The zero-order valence-electron chi connectivity index (χ0n) is 14.5. The Morgan fingerprint density at radius 1 is 1.00 bits per heavy atom. The molecule has 2 atom stereocenters. The molecule has 2 N–H and O–H groups in total. The van der Waals surface area contributed by atoms with Crippen LogP contribution in [0.5, 0.6) is 0 Å². The van der Waals surface area contributed by atoms with Gasteiger partial charge in [0, 0.05) is 25.2 Å². The van der Waals surface area contributed by atoms with Gasteiger partial charge in [-0.15, -0.1) is 0 Å². The summed E-state index contributed by atoms with van der Waals surface area (Å²) in [5, 5.41) is 0. The topological polar surface area (TPSA) is 29.3 Å². The Morgan fingerprint density at radius 2 is 1.57 bits per heavy atom. The SMILES string of the molecule is CCC(CC)N(CC(C)C)C(CN)C(C)c1ccccc1. The first-order valence-electron chi connectivity index (χ1n) is 8.55. The Kier molecular flexibility index (Phi) is 7.98. The number of hydrogen-bond donors (Lipinski definition) is 1. The normalized spacial score (nSPS) is 14.9. The first-order valence-corrected chi connectivity index (χ1v) is 8.55. The van der Waals surface area contributed by atoms with Crippen molar-refractivity contribution in [1.82, 2.24) is 4.90 Å². The average molecular weight is 290 g/mol. The molecule has 21 heavy (non-hydrogen) atoms. The van der Waals surface area contributed by atoms with Crippen LogP contribution in [0.25, 0.3) is 0 Å². The van der Waals surface area contributed by atoms with Crippen LogP contribution >= 0.6 is 0 Å². The van der Waals surface area contributed by atoms with Crippen molar-refractivity contribution < 1.29 is 0 Å². The second kappa shape index (κ2) is 9.22. The van der Waals surface area contributed by atoms with E-state index >= 15 is 0 Å². The fraction of sp³-hybridized carbons (Fsp3) is 0.684. The molecule has 1 aromatic rings. The minimum Gasteiger partial charge on any atom is -0.329 e. The maximum atomic E-state index is 6.19. The highest BCUT2D eigenvalue weighted by Gasteiger charge is 2.28. The summed E-state index contributed by atoms with van der Waals surface area (Å²) in [5.41, 5.74) is 7.59. The van der Waals surface area contributed by atoms with Crippen molar-refractivity contribution in [2.45, 2.75) is 65.5 Å². The number of nitrogens with zero attached hydrogens (tertiary/aromatic N) is 1. The Balaban J connectivity index is 2.99. The van der Waals surface area contributed by atoms with E-state index in [9.17, 15) is 0 Å². The van der Waals surface area contributed by atoms with Gasteiger partial charge in [0.05, 0.1) is 0 Å². The molecule has 0 heterocycles. The first kappa shape index (κ1) is 18.2. The highest BCUT2D eigenvalue weighted by Crippen LogP contribution is 2.26. The summed E-state index contributed by atoms with van der Waals surface area (Å²) in [6.45, 7) is 13.4. The van der Waals surface area contributed by atoms with Crippen LogP contribution in [0, 0.1) is 5.92 Å². The molecule has 0 aliphatic carbocycles. The van der Waals surface area contributed by atoms with E-state index in [4.69, 9.17) is 5.73 Å². The molecule has 0 bridgehead atoms. The Labute approximate surface area is 131 Å². The summed E-state index contributed by atoms with van der Waals surface area (Å²) in [6.07, 6.45) is 2.39. The largest absolute Gasteiger partial charge is 0.329 e. The van der Waals surface area contributed by atoms with Crippen LogP contribution in [0.1, 0.15) is 58.9 Å². The maximum absolute atomic E-state index is 6.19. The second-order valence-corrected chi connectivity index (χ2v) is 6.56. The van der Waals surface area contributed by atoms with E-state index in [1.807, 2.05) is 0 Å². The van der Waals surface area contributed by atoms with E-state index in [1.54, 1.807) is 0 Å². The van der Waals surface area contributed by atoms with Gasteiger partial charge in [-0.25, -0.2) is 0 Å². The number of benzene rings is 1. The Bertz CT molecular complexity index is 370. The third-order valence-corrected chi connectivity index (χ3v) is 4.56. The first-order chi connectivity index (χ1) is 10.0. The molecule has 2 unspecified atom stereocenters. The lowest BCUT2D eigenvalue weighted by atomic mass is 9.90. The van der Waals surface area contributed by atoms with Crippen LogP contribution in [-0.4, -0.2) is 30.1 Å². The minimum atomic E-state index is 0.416. The maximum Gasteiger partial charge on any atom is 0.0287 e. The average Bonchev–Trinajstić information content (AvgIpc) is 2.49. The predicted octanol–water partition coefficient (Wildman–Crippen LogP) is 4.26. The zero-order chi connectivity index (χ0) is 15.8. The summed E-state index contributed by atoms with van der Waals surface area (Å²) >= 11 is 0. The van der Waals surface area contributed by atoms with Gasteiger partial charge in [0.15, 0.2) is 0 Å². The quantitative estimate of drug-likeness (QED) is 0.736. The molecule has 0 saturated heterocycles. The minimum absolute atomic E-state index is 0.416. The molecule has 0 radical (unpaired) electrons. The molecule has 0 saturated carbocycles. The van der Waals surface area contributed by atoms with E-state index in [2.05, 4.69) is 69.9 Å². The van der Waals surface area contributed by atoms with E-state index in [0.29, 0.717) is 23.9 Å². The monoisotopic (exact) mass is 290 g/mol. The van der Waals surface area contributed by atoms with E-state index in [1.165, 1.54) is 18.4 Å². The fourth-order valence-electron chi connectivity index (χ4n) is 3.34. The third-order valence-electron chi connectivity index (χ3n) is 4.56. The van der Waals surface area contributed by atoms with Crippen LogP contribution in [0.3, 0.4) is 0 Å². The van der Waals surface area contributed by atoms with Crippen molar-refractivity contribution in [3.8, 4) is 0 Å². The number of rotatable bonds is 9. The molecule has 1 aromatic carbocycles. The lowest BCUT2D eigenvalue weighted by Gasteiger charge is -2.41. The van der Waals surface area contributed by atoms with E-state index in [0.717, 1.165) is 13.1 Å². The van der Waals surface area contributed by atoms with Crippen LogP contribution in [0.2, 0.25) is 0 Å². The molecule has 0 aliphatic rings. The molecule has 0 spiro atoms. The summed E-state index contributed by atoms with van der Waals surface area (Å²) in [4.78, 5) is 2.67.